The van der Waals surface area contributed by atoms with E-state index in [1.807, 2.05) is 51.2 Å². The van der Waals surface area contributed by atoms with Gasteiger partial charge in [0.15, 0.2) is 0 Å². The van der Waals surface area contributed by atoms with Crippen molar-refractivity contribution in [2.24, 2.45) is 47.3 Å². The number of Topliss-reactive ketones (excluding diaryl/α,β-unsaturated/α-hetero) is 3. The summed E-state index contributed by atoms with van der Waals surface area (Å²) in [5, 5.41) is 33.6. The topological polar surface area (TPSA) is 211 Å². The van der Waals surface area contributed by atoms with E-state index in [9.17, 15) is 48.9 Å². The molecule has 1 saturated carbocycles. The maximum Gasteiger partial charge on any atom is 0.329 e. The lowest BCUT2D eigenvalue weighted by Gasteiger charge is -2.42. The fourth-order valence-corrected chi connectivity index (χ4v) is 10.1. The third-order valence-corrected chi connectivity index (χ3v) is 14.5. The molecule has 3 aliphatic heterocycles. The Balaban J connectivity index is 1.71. The van der Waals surface area contributed by atoms with Crippen molar-refractivity contribution in [3.63, 3.8) is 0 Å². The summed E-state index contributed by atoms with van der Waals surface area (Å²) in [4.78, 5) is 95.5. The number of aldehydes is 2. The third kappa shape index (κ3) is 14.0. The SMILES string of the molecule is CO[C@H]1C[C@@H]2CC[C@@H](C)[C@@](O)(O2)C(=O)C(=O)N2CCCC[C@H]2C(=O)O[C@H]([C@H](C)C[C@@H]2CC[C@@H](O)[C@H](C=O)C2)CC(=O)[C@H](C)/C=C(\C)[C@@H](O)[C@@H](C=O)C(=O)[C@H](C)C[C@H](C)/C=C/C=C/C=C/1C. The molecule has 3 heterocycles. The Bertz CT molecular complexity index is 1820. The molecule has 1 amide bonds. The zero-order chi connectivity index (χ0) is 48.2. The van der Waals surface area contributed by atoms with E-state index >= 15 is 0 Å². The molecule has 3 N–H and O–H groups in total. The molecule has 0 radical (unpaired) electrons. The molecule has 1 aliphatic carbocycles. The fraction of sp³-hybridized carbons (Fsp3) is 0.706. The molecule has 0 spiro atoms. The van der Waals surface area contributed by atoms with Crippen LogP contribution < -0.4 is 0 Å². The number of ether oxygens (including phenoxy) is 3. The van der Waals surface area contributed by atoms with E-state index in [-0.39, 0.29) is 42.6 Å². The zero-order valence-electron chi connectivity index (χ0n) is 39.8. The van der Waals surface area contributed by atoms with Gasteiger partial charge in [-0.3, -0.25) is 19.2 Å². The number of carbonyl (C=O) groups is 7. The summed E-state index contributed by atoms with van der Waals surface area (Å²) in [6.07, 6.45) is 12.3. The number of rotatable bonds is 6. The number of methoxy groups -OCH3 is 1. The van der Waals surface area contributed by atoms with Gasteiger partial charge in [-0.15, -0.1) is 0 Å². The van der Waals surface area contributed by atoms with E-state index in [1.54, 1.807) is 34.8 Å². The highest BCUT2D eigenvalue weighted by atomic mass is 16.6. The maximum atomic E-state index is 14.3. The minimum atomic E-state index is -2.45. The largest absolute Gasteiger partial charge is 0.460 e. The summed E-state index contributed by atoms with van der Waals surface area (Å²) >= 11 is 0. The normalized spacial score (nSPS) is 40.3. The second-order valence-electron chi connectivity index (χ2n) is 19.6. The number of carbonyl (C=O) groups excluding carboxylic acids is 7. The van der Waals surface area contributed by atoms with Crippen LogP contribution in [0.15, 0.2) is 47.6 Å². The van der Waals surface area contributed by atoms with Gasteiger partial charge in [0, 0.05) is 50.2 Å². The number of ketones is 3. The van der Waals surface area contributed by atoms with E-state index in [0.717, 1.165) is 16.8 Å². The number of piperidine rings is 1. The van der Waals surface area contributed by atoms with Crippen LogP contribution in [0.25, 0.3) is 0 Å². The number of allylic oxidation sites excluding steroid dienone is 6. The average molecular weight is 910 g/mol. The Morgan fingerprint density at radius 1 is 0.892 bits per heavy atom. The summed E-state index contributed by atoms with van der Waals surface area (Å²) in [5.41, 5.74) is 1.11. The van der Waals surface area contributed by atoms with Crippen LogP contribution in [0.5, 0.6) is 0 Å². The minimum Gasteiger partial charge on any atom is -0.460 e. The summed E-state index contributed by atoms with van der Waals surface area (Å²) < 4.78 is 18.1. The monoisotopic (exact) mass is 910 g/mol. The number of esters is 1. The lowest BCUT2D eigenvalue weighted by Crippen LogP contribution is -2.61. The Hall–Kier alpha value is -3.95. The molecule has 362 valence electrons. The molecular weight excluding hydrogens is 835 g/mol. The smallest absolute Gasteiger partial charge is 0.329 e. The molecule has 65 heavy (non-hydrogen) atoms. The highest BCUT2D eigenvalue weighted by molar-refractivity contribution is 6.39. The van der Waals surface area contributed by atoms with Gasteiger partial charge in [-0.05, 0) is 107 Å². The zero-order valence-corrected chi connectivity index (χ0v) is 39.8. The van der Waals surface area contributed by atoms with Crippen molar-refractivity contribution >= 4 is 41.8 Å². The summed E-state index contributed by atoms with van der Waals surface area (Å²) in [7, 11) is 1.56. The summed E-state index contributed by atoms with van der Waals surface area (Å²) in [5.74, 6) is -10.7. The Morgan fingerprint density at radius 2 is 1.62 bits per heavy atom. The second kappa shape index (κ2) is 24.7. The molecule has 2 saturated heterocycles. The van der Waals surface area contributed by atoms with Crippen molar-refractivity contribution in [1.29, 1.82) is 0 Å². The quantitative estimate of drug-likeness (QED) is 0.0950. The molecular formula is C51H75NO13. The van der Waals surface area contributed by atoms with Crippen LogP contribution in [0.4, 0.5) is 0 Å². The first kappa shape index (κ1) is 53.7. The van der Waals surface area contributed by atoms with Crippen molar-refractivity contribution in [3.05, 3.63) is 47.6 Å². The number of aliphatic hydroxyl groups excluding tert-OH is 2. The van der Waals surface area contributed by atoms with Gasteiger partial charge in [0.1, 0.15) is 42.2 Å². The highest BCUT2D eigenvalue weighted by Crippen LogP contribution is 2.38. The first-order valence-electron chi connectivity index (χ1n) is 23.8. The lowest BCUT2D eigenvalue weighted by molar-refractivity contribution is -0.265. The van der Waals surface area contributed by atoms with Crippen molar-refractivity contribution in [3.8, 4) is 0 Å². The molecule has 4 rings (SSSR count). The van der Waals surface area contributed by atoms with Gasteiger partial charge in [0.25, 0.3) is 11.7 Å². The lowest BCUT2D eigenvalue weighted by atomic mass is 9.75. The van der Waals surface area contributed by atoms with Crippen LogP contribution >= 0.6 is 0 Å². The number of nitrogens with zero attached hydrogens (tertiary/aromatic N) is 1. The van der Waals surface area contributed by atoms with Crippen LogP contribution in [-0.4, -0.2) is 118 Å². The highest BCUT2D eigenvalue weighted by Gasteiger charge is 2.53. The Kier molecular flexibility index (Phi) is 20.4. The van der Waals surface area contributed by atoms with Gasteiger partial charge in [-0.1, -0.05) is 71.1 Å². The molecule has 0 aromatic heterocycles. The molecule has 14 heteroatoms. The predicted molar refractivity (Wildman–Crippen MR) is 243 cm³/mol. The molecule has 0 aromatic carbocycles. The van der Waals surface area contributed by atoms with Crippen LogP contribution in [0, 0.1) is 47.3 Å². The standard InChI is InChI=1S/C51H75NO13/c1-30-14-10-9-11-15-31(2)44(63-8)26-39-19-17-36(7)51(62,65-39)48(59)49(60)52-21-13-12-16-41(52)50(61)64-45(33(4)24-37-18-20-42(55)38(25-37)28-53)27-43(56)32(3)23-35(6)47(58)40(29-54)46(57)34(5)22-30/h9-11,14-15,23,28-30,32-34,36-42,44-45,47,55,58,62H,12-13,16-22,24-27H2,1-8H3/b11-9+,14-10+,31-15+,35-23+/t30-,32-,33-,34-,36-,37+,38+,39+,40+,41+,42-,44+,45+,47-,51-/m1/s1. The summed E-state index contributed by atoms with van der Waals surface area (Å²) in [6, 6.07) is -1.19. The Morgan fingerprint density at radius 3 is 2.29 bits per heavy atom. The first-order valence-corrected chi connectivity index (χ1v) is 23.8. The van der Waals surface area contributed by atoms with Crippen molar-refractivity contribution in [1.82, 2.24) is 4.90 Å². The van der Waals surface area contributed by atoms with E-state index < -0.39 is 101 Å². The molecule has 0 aromatic rings. The number of hydrogen-bond donors (Lipinski definition) is 3. The van der Waals surface area contributed by atoms with Gasteiger partial charge in [0.2, 0.25) is 5.79 Å². The maximum absolute atomic E-state index is 14.3. The molecule has 0 unspecified atom stereocenters. The van der Waals surface area contributed by atoms with Gasteiger partial charge in [-0.2, -0.15) is 0 Å². The molecule has 15 atom stereocenters. The van der Waals surface area contributed by atoms with Crippen LogP contribution in [0.1, 0.15) is 126 Å². The number of hydrogen-bond acceptors (Lipinski definition) is 13. The number of aliphatic hydroxyl groups is 3. The van der Waals surface area contributed by atoms with E-state index in [0.29, 0.717) is 70.5 Å². The summed E-state index contributed by atoms with van der Waals surface area (Å²) in [6.45, 7) is 12.3. The van der Waals surface area contributed by atoms with Gasteiger partial charge in [0.05, 0.1) is 24.4 Å². The van der Waals surface area contributed by atoms with Crippen LogP contribution in [-0.2, 0) is 47.8 Å². The van der Waals surface area contributed by atoms with Gasteiger partial charge in [-0.25, -0.2) is 4.79 Å². The van der Waals surface area contributed by atoms with Crippen molar-refractivity contribution < 1.29 is 63.1 Å². The second-order valence-corrected chi connectivity index (χ2v) is 19.6. The number of cyclic esters (lactones) is 1. The van der Waals surface area contributed by atoms with Gasteiger partial charge < -0.3 is 44.0 Å². The fourth-order valence-electron chi connectivity index (χ4n) is 10.1. The van der Waals surface area contributed by atoms with E-state index in [4.69, 9.17) is 14.2 Å². The van der Waals surface area contributed by atoms with Gasteiger partial charge >= 0.3 is 5.97 Å². The molecule has 2 bridgehead atoms. The van der Waals surface area contributed by atoms with Crippen LogP contribution in [0.2, 0.25) is 0 Å². The van der Waals surface area contributed by atoms with Crippen molar-refractivity contribution in [2.45, 2.75) is 168 Å². The van der Waals surface area contributed by atoms with Crippen LogP contribution in [0.3, 0.4) is 0 Å². The molecule has 3 fully saturated rings. The first-order chi connectivity index (χ1) is 30.7. The minimum absolute atomic E-state index is 0.00990. The molecule has 14 nitrogen and oxygen atoms in total. The molecule has 4 aliphatic rings. The Labute approximate surface area is 385 Å². The predicted octanol–water partition coefficient (Wildman–Crippen LogP) is 5.78. The number of fused-ring (bicyclic) bond motifs is 3. The van der Waals surface area contributed by atoms with E-state index in [2.05, 4.69) is 0 Å². The van der Waals surface area contributed by atoms with Crippen molar-refractivity contribution in [2.75, 3.05) is 13.7 Å². The van der Waals surface area contributed by atoms with E-state index in [1.165, 1.54) is 6.08 Å². The third-order valence-electron chi connectivity index (χ3n) is 14.5. The average Bonchev–Trinajstić information content (AvgIpc) is 3.28. The number of amides is 1.